The van der Waals surface area contributed by atoms with Crippen molar-refractivity contribution in [3.8, 4) is 6.07 Å². The first-order valence-corrected chi connectivity index (χ1v) is 6.86. The van der Waals surface area contributed by atoms with Crippen molar-refractivity contribution in [3.63, 3.8) is 0 Å². The molecule has 1 aliphatic heterocycles. The number of aromatic amines is 1. The van der Waals surface area contributed by atoms with Crippen LogP contribution in [-0.4, -0.2) is 43.2 Å². The number of nitrogens with two attached hydrogens (primary N) is 1. The van der Waals surface area contributed by atoms with Gasteiger partial charge < -0.3 is 20.2 Å². The number of H-pyrrole nitrogens is 1. The SMILES string of the molecule is [B]C(C)(C)OC1CCO[C@@]1(C#N)c1ccc(C(N)=NC=N)[nH]1. The standard InChI is InChI=1S/C14H18BN5O2/c1-13(2,15)22-11-5-6-21-14(11,7-16)10-4-3-9(20-10)12(18)19-8-17/h3-4,8,11,20H,5-6H2,1-2H3,(H3,17,18,19)/t11?,14-/m0/s1. The Labute approximate surface area is 130 Å². The summed E-state index contributed by atoms with van der Waals surface area (Å²) in [5.74, 6) is 0.156. The van der Waals surface area contributed by atoms with Crippen molar-refractivity contribution in [1.29, 1.82) is 10.7 Å². The van der Waals surface area contributed by atoms with E-state index in [0.29, 0.717) is 24.4 Å². The molecule has 7 nitrogen and oxygen atoms in total. The second-order valence-corrected chi connectivity index (χ2v) is 5.62. The molecule has 2 heterocycles. The van der Waals surface area contributed by atoms with Crippen LogP contribution in [-0.2, 0) is 15.1 Å². The van der Waals surface area contributed by atoms with Crippen LogP contribution in [0.15, 0.2) is 17.1 Å². The molecule has 0 saturated carbocycles. The number of hydrogen-bond donors (Lipinski definition) is 3. The Hall–Kier alpha value is -2.11. The molecule has 0 spiro atoms. The van der Waals surface area contributed by atoms with Gasteiger partial charge in [0, 0.05) is 11.9 Å². The third kappa shape index (κ3) is 3.05. The molecule has 4 N–H and O–H groups in total. The van der Waals surface area contributed by atoms with E-state index in [-0.39, 0.29) is 5.84 Å². The maximum atomic E-state index is 9.67. The van der Waals surface area contributed by atoms with Crippen LogP contribution < -0.4 is 5.73 Å². The number of nitrogens with one attached hydrogen (secondary N) is 2. The highest BCUT2D eigenvalue weighted by atomic mass is 16.6. The van der Waals surface area contributed by atoms with Crippen LogP contribution in [0.4, 0.5) is 0 Å². The molecule has 1 unspecified atom stereocenters. The molecule has 2 atom stereocenters. The Balaban J connectivity index is 2.36. The molecule has 0 aliphatic carbocycles. The molecule has 0 aromatic carbocycles. The maximum Gasteiger partial charge on any atom is 0.220 e. The zero-order valence-electron chi connectivity index (χ0n) is 12.6. The number of nitriles is 1. The lowest BCUT2D eigenvalue weighted by Gasteiger charge is -2.32. The molecule has 1 aliphatic rings. The van der Waals surface area contributed by atoms with Crippen LogP contribution >= 0.6 is 0 Å². The molecule has 22 heavy (non-hydrogen) atoms. The van der Waals surface area contributed by atoms with Gasteiger partial charge in [0.1, 0.15) is 32.2 Å². The van der Waals surface area contributed by atoms with Crippen molar-refractivity contribution >= 4 is 20.0 Å². The number of hydrogen-bond acceptors (Lipinski definition) is 4. The van der Waals surface area contributed by atoms with Gasteiger partial charge in [-0.25, -0.2) is 4.99 Å². The second-order valence-electron chi connectivity index (χ2n) is 5.62. The van der Waals surface area contributed by atoms with Gasteiger partial charge in [-0.1, -0.05) is 0 Å². The van der Waals surface area contributed by atoms with Crippen LogP contribution in [0.3, 0.4) is 0 Å². The van der Waals surface area contributed by atoms with Gasteiger partial charge in [-0.3, -0.25) is 5.41 Å². The van der Waals surface area contributed by atoms with Crippen molar-refractivity contribution in [2.45, 2.75) is 37.5 Å². The van der Waals surface area contributed by atoms with E-state index in [1.807, 2.05) is 0 Å². The van der Waals surface area contributed by atoms with Crippen molar-refractivity contribution in [1.82, 2.24) is 4.98 Å². The minimum absolute atomic E-state index is 0.156. The molecule has 1 aromatic rings. The van der Waals surface area contributed by atoms with Gasteiger partial charge in [0.25, 0.3) is 0 Å². The van der Waals surface area contributed by atoms with Crippen LogP contribution in [0, 0.1) is 16.7 Å². The van der Waals surface area contributed by atoms with E-state index >= 15 is 0 Å². The van der Waals surface area contributed by atoms with Crippen LogP contribution in [0.2, 0.25) is 0 Å². The van der Waals surface area contributed by atoms with Crippen molar-refractivity contribution in [2.24, 2.45) is 10.7 Å². The molecular weight excluding hydrogens is 281 g/mol. The van der Waals surface area contributed by atoms with Crippen LogP contribution in [0.5, 0.6) is 0 Å². The lowest BCUT2D eigenvalue weighted by atomic mass is 9.84. The molecule has 1 saturated heterocycles. The quantitative estimate of drug-likeness (QED) is 0.422. The van der Waals surface area contributed by atoms with Crippen molar-refractivity contribution in [2.75, 3.05) is 6.61 Å². The van der Waals surface area contributed by atoms with Crippen molar-refractivity contribution < 1.29 is 9.47 Å². The molecule has 0 amide bonds. The van der Waals surface area contributed by atoms with E-state index in [2.05, 4.69) is 16.0 Å². The summed E-state index contributed by atoms with van der Waals surface area (Å²) < 4.78 is 11.5. The molecule has 1 aromatic heterocycles. The molecule has 2 rings (SSSR count). The third-order valence-electron chi connectivity index (χ3n) is 3.34. The summed E-state index contributed by atoms with van der Waals surface area (Å²) in [5, 5.41) is 16.6. The monoisotopic (exact) mass is 299 g/mol. The predicted molar refractivity (Wildman–Crippen MR) is 82.9 cm³/mol. The van der Waals surface area contributed by atoms with E-state index in [4.69, 9.17) is 28.5 Å². The van der Waals surface area contributed by atoms with Gasteiger partial charge in [-0.05, 0) is 26.0 Å². The topological polar surface area (TPSA) is 120 Å². The zero-order valence-corrected chi connectivity index (χ0v) is 12.6. The largest absolute Gasteiger partial charge is 0.382 e. The summed E-state index contributed by atoms with van der Waals surface area (Å²) >= 11 is 0. The van der Waals surface area contributed by atoms with Crippen LogP contribution in [0.1, 0.15) is 31.7 Å². The normalized spacial score (nSPS) is 25.9. The van der Waals surface area contributed by atoms with E-state index in [1.54, 1.807) is 26.0 Å². The van der Waals surface area contributed by atoms with Gasteiger partial charge in [0.05, 0.1) is 18.0 Å². The second kappa shape index (κ2) is 5.95. The van der Waals surface area contributed by atoms with Gasteiger partial charge in [-0.15, -0.1) is 0 Å². The number of ether oxygens (including phenoxy) is 2. The fourth-order valence-corrected chi connectivity index (χ4v) is 2.45. The average Bonchev–Trinajstić information content (AvgIpc) is 3.04. The highest BCUT2D eigenvalue weighted by Crippen LogP contribution is 2.38. The number of rotatable bonds is 5. The van der Waals surface area contributed by atoms with Gasteiger partial charge in [-0.2, -0.15) is 5.26 Å². The minimum Gasteiger partial charge on any atom is -0.382 e. The predicted octanol–water partition coefficient (Wildman–Crippen LogP) is 0.756. The molecular formula is C14H18BN5O2. The first-order chi connectivity index (χ1) is 10.3. The Morgan fingerprint density at radius 1 is 1.73 bits per heavy atom. The Morgan fingerprint density at radius 3 is 3.05 bits per heavy atom. The lowest BCUT2D eigenvalue weighted by Crippen LogP contribution is -2.42. The lowest BCUT2D eigenvalue weighted by molar-refractivity contribution is -0.0931. The molecule has 1 fully saturated rings. The number of nitrogens with zero attached hydrogens (tertiary/aromatic N) is 2. The smallest absolute Gasteiger partial charge is 0.220 e. The van der Waals surface area contributed by atoms with Gasteiger partial charge in [0.15, 0.2) is 0 Å². The summed E-state index contributed by atoms with van der Waals surface area (Å²) in [4.78, 5) is 6.71. The summed E-state index contributed by atoms with van der Waals surface area (Å²) in [7, 11) is 5.90. The average molecular weight is 299 g/mol. The van der Waals surface area contributed by atoms with E-state index < -0.39 is 17.2 Å². The Morgan fingerprint density at radius 2 is 2.45 bits per heavy atom. The third-order valence-corrected chi connectivity index (χ3v) is 3.34. The van der Waals surface area contributed by atoms with Crippen LogP contribution in [0.25, 0.3) is 0 Å². The molecule has 0 bridgehead atoms. The number of aliphatic imine (C=N–C) groups is 1. The summed E-state index contributed by atoms with van der Waals surface area (Å²) in [5.41, 5.74) is 4.62. The highest BCUT2D eigenvalue weighted by Gasteiger charge is 2.49. The first-order valence-electron chi connectivity index (χ1n) is 6.86. The first kappa shape index (κ1) is 16.3. The van der Waals surface area contributed by atoms with Gasteiger partial charge in [0.2, 0.25) is 5.60 Å². The molecule has 8 heteroatoms. The fraction of sp³-hybridized carbons (Fsp3) is 0.500. The number of aromatic nitrogens is 1. The fourth-order valence-electron chi connectivity index (χ4n) is 2.45. The van der Waals surface area contributed by atoms with Crippen molar-refractivity contribution in [3.05, 3.63) is 23.5 Å². The van der Waals surface area contributed by atoms with Gasteiger partial charge >= 0.3 is 0 Å². The van der Waals surface area contributed by atoms with E-state index in [0.717, 1.165) is 6.34 Å². The minimum atomic E-state index is -1.26. The zero-order chi connectivity index (χ0) is 16.4. The Kier molecular flexibility index (Phi) is 4.40. The van der Waals surface area contributed by atoms with E-state index in [9.17, 15) is 5.26 Å². The van der Waals surface area contributed by atoms with E-state index in [1.165, 1.54) is 0 Å². The highest BCUT2D eigenvalue weighted by molar-refractivity contribution is 6.13. The summed E-state index contributed by atoms with van der Waals surface area (Å²) in [6.45, 7) is 3.84. The summed E-state index contributed by atoms with van der Waals surface area (Å²) in [6.07, 6.45) is 0.919. The number of amidine groups is 1. The molecule has 2 radical (unpaired) electrons. The Bertz CT molecular complexity index is 628. The maximum absolute atomic E-state index is 9.67. The molecule has 114 valence electrons. The summed E-state index contributed by atoms with van der Waals surface area (Å²) in [6, 6.07) is 5.58.